The van der Waals surface area contributed by atoms with Gasteiger partial charge in [-0.2, -0.15) is 0 Å². The number of carbonyl (C=O) groups is 3. The molecule has 0 unspecified atom stereocenters. The van der Waals surface area contributed by atoms with Crippen LogP contribution in [0.5, 0.6) is 11.5 Å². The first kappa shape index (κ1) is 20.2. The summed E-state index contributed by atoms with van der Waals surface area (Å²) in [6.45, 7) is 0.369. The summed E-state index contributed by atoms with van der Waals surface area (Å²) in [5.41, 5.74) is 2.35. The number of aromatic carboxylic acids is 1. The summed E-state index contributed by atoms with van der Waals surface area (Å²) < 4.78 is 10.8. The summed E-state index contributed by atoms with van der Waals surface area (Å²) in [6.07, 6.45) is 1.90. The quantitative estimate of drug-likeness (QED) is 0.589. The molecular formula is C21H22N2O6. The lowest BCUT2D eigenvalue weighted by atomic mass is 10.0. The third-order valence-electron chi connectivity index (χ3n) is 4.51. The van der Waals surface area contributed by atoms with Crippen LogP contribution in [0.2, 0.25) is 0 Å². The predicted octanol–water partition coefficient (Wildman–Crippen LogP) is 3.08. The summed E-state index contributed by atoms with van der Waals surface area (Å²) in [6, 6.07) is 9.79. The first-order valence-electron chi connectivity index (χ1n) is 9.23. The lowest BCUT2D eigenvalue weighted by Crippen LogP contribution is -2.18. The Kier molecular flexibility index (Phi) is 6.33. The van der Waals surface area contributed by atoms with Crippen LogP contribution in [0.25, 0.3) is 0 Å². The van der Waals surface area contributed by atoms with E-state index in [1.54, 1.807) is 6.07 Å². The van der Waals surface area contributed by atoms with E-state index >= 15 is 0 Å². The minimum atomic E-state index is -1.07. The van der Waals surface area contributed by atoms with E-state index in [2.05, 4.69) is 10.6 Å². The van der Waals surface area contributed by atoms with E-state index in [1.165, 1.54) is 25.3 Å². The van der Waals surface area contributed by atoms with Crippen LogP contribution in [-0.2, 0) is 16.0 Å². The van der Waals surface area contributed by atoms with Crippen molar-refractivity contribution in [3.05, 3.63) is 47.5 Å². The number of fused-ring (bicyclic) bond motifs is 1. The maximum absolute atomic E-state index is 12.2. The van der Waals surface area contributed by atoms with Gasteiger partial charge in [0, 0.05) is 18.5 Å². The van der Waals surface area contributed by atoms with Crippen molar-refractivity contribution in [1.29, 1.82) is 0 Å². The first-order valence-corrected chi connectivity index (χ1v) is 9.23. The molecule has 0 saturated carbocycles. The van der Waals surface area contributed by atoms with Crippen molar-refractivity contribution in [1.82, 2.24) is 0 Å². The average molecular weight is 398 g/mol. The second-order valence-electron chi connectivity index (χ2n) is 6.59. The van der Waals surface area contributed by atoms with Gasteiger partial charge in [0.1, 0.15) is 11.5 Å². The highest BCUT2D eigenvalue weighted by molar-refractivity contribution is 5.95. The smallest absolute Gasteiger partial charge is 0.335 e. The molecule has 0 spiro atoms. The van der Waals surface area contributed by atoms with Gasteiger partial charge < -0.3 is 25.2 Å². The number of nitrogens with one attached hydrogen (secondary N) is 2. The molecule has 2 aromatic rings. The van der Waals surface area contributed by atoms with Gasteiger partial charge in [0.25, 0.3) is 0 Å². The summed E-state index contributed by atoms with van der Waals surface area (Å²) in [4.78, 5) is 34.6. The Morgan fingerprint density at radius 1 is 1.17 bits per heavy atom. The number of anilines is 2. The van der Waals surface area contributed by atoms with Gasteiger partial charge in [-0.05, 0) is 54.8 Å². The number of carbonyl (C=O) groups excluding carboxylic acids is 2. The first-order chi connectivity index (χ1) is 14.0. The maximum atomic E-state index is 12.2. The topological polar surface area (TPSA) is 114 Å². The Labute approximate surface area is 167 Å². The van der Waals surface area contributed by atoms with Crippen LogP contribution < -0.4 is 20.1 Å². The lowest BCUT2D eigenvalue weighted by Gasteiger charge is -2.17. The second-order valence-corrected chi connectivity index (χ2v) is 6.59. The molecule has 0 fully saturated rings. The van der Waals surface area contributed by atoms with E-state index in [0.29, 0.717) is 37.3 Å². The number of hydrogen-bond donors (Lipinski definition) is 3. The molecule has 0 saturated heterocycles. The standard InChI is InChI=1S/C21H22N2O6/c1-28-18-12-14(21(26)27)4-7-17(18)23-19(24)3-2-10-29-15-6-8-16-13(11-15)5-9-20(25)22-16/h4,6-8,11-12H,2-3,5,9-10H2,1H3,(H,22,25)(H,23,24)(H,26,27). The Balaban J connectivity index is 1.47. The maximum Gasteiger partial charge on any atom is 0.335 e. The van der Waals surface area contributed by atoms with E-state index in [9.17, 15) is 14.4 Å². The average Bonchev–Trinajstić information content (AvgIpc) is 2.71. The summed E-state index contributed by atoms with van der Waals surface area (Å²) in [5, 5.41) is 14.6. The number of amides is 2. The van der Waals surface area contributed by atoms with Gasteiger partial charge >= 0.3 is 5.97 Å². The van der Waals surface area contributed by atoms with E-state index in [4.69, 9.17) is 14.6 Å². The number of hydrogen-bond acceptors (Lipinski definition) is 5. The van der Waals surface area contributed by atoms with Gasteiger partial charge in [-0.3, -0.25) is 9.59 Å². The van der Waals surface area contributed by atoms with E-state index in [0.717, 1.165) is 11.3 Å². The third kappa shape index (κ3) is 5.25. The van der Waals surface area contributed by atoms with Crippen molar-refractivity contribution < 1.29 is 29.0 Å². The fourth-order valence-corrected chi connectivity index (χ4v) is 3.01. The second kappa shape index (κ2) is 9.09. The molecule has 8 nitrogen and oxygen atoms in total. The van der Waals surface area contributed by atoms with Crippen LogP contribution in [0.3, 0.4) is 0 Å². The number of methoxy groups -OCH3 is 1. The van der Waals surface area contributed by atoms with E-state index < -0.39 is 5.97 Å². The van der Waals surface area contributed by atoms with Crippen LogP contribution in [0.15, 0.2) is 36.4 Å². The molecule has 0 aromatic heterocycles. The Hall–Kier alpha value is -3.55. The lowest BCUT2D eigenvalue weighted by molar-refractivity contribution is -0.117. The molecule has 3 rings (SSSR count). The summed E-state index contributed by atoms with van der Waals surface area (Å²) >= 11 is 0. The van der Waals surface area contributed by atoms with Crippen molar-refractivity contribution in [3.8, 4) is 11.5 Å². The molecule has 3 N–H and O–H groups in total. The van der Waals surface area contributed by atoms with Crippen molar-refractivity contribution in [2.24, 2.45) is 0 Å². The van der Waals surface area contributed by atoms with E-state index in [1.807, 2.05) is 12.1 Å². The molecule has 0 aliphatic carbocycles. The number of benzene rings is 2. The van der Waals surface area contributed by atoms with Crippen molar-refractivity contribution in [2.45, 2.75) is 25.7 Å². The van der Waals surface area contributed by atoms with Crippen LogP contribution >= 0.6 is 0 Å². The molecule has 152 valence electrons. The fraction of sp³-hybridized carbons (Fsp3) is 0.286. The Bertz CT molecular complexity index is 941. The molecule has 1 aliphatic heterocycles. The fourth-order valence-electron chi connectivity index (χ4n) is 3.01. The number of aryl methyl sites for hydroxylation is 1. The molecule has 0 atom stereocenters. The molecule has 2 amide bonds. The third-order valence-corrected chi connectivity index (χ3v) is 4.51. The van der Waals surface area contributed by atoms with Crippen molar-refractivity contribution >= 4 is 29.2 Å². The minimum absolute atomic E-state index is 0.0198. The molecule has 0 radical (unpaired) electrons. The van der Waals surface area contributed by atoms with Gasteiger partial charge in [0.15, 0.2) is 0 Å². The zero-order valence-electron chi connectivity index (χ0n) is 16.0. The minimum Gasteiger partial charge on any atom is -0.495 e. The highest BCUT2D eigenvalue weighted by Gasteiger charge is 2.15. The normalized spacial score (nSPS) is 12.5. The van der Waals surface area contributed by atoms with E-state index in [-0.39, 0.29) is 29.5 Å². The van der Waals surface area contributed by atoms with Gasteiger partial charge in [-0.25, -0.2) is 4.79 Å². The zero-order valence-corrected chi connectivity index (χ0v) is 16.0. The Morgan fingerprint density at radius 3 is 2.76 bits per heavy atom. The van der Waals surface area contributed by atoms with Gasteiger partial charge in [-0.1, -0.05) is 0 Å². The summed E-state index contributed by atoms with van der Waals surface area (Å²) in [7, 11) is 1.41. The van der Waals surface area contributed by atoms with Gasteiger partial charge in [-0.15, -0.1) is 0 Å². The van der Waals surface area contributed by atoms with Crippen LogP contribution in [0.1, 0.15) is 35.2 Å². The van der Waals surface area contributed by atoms with Gasteiger partial charge in [0.05, 0.1) is 25.0 Å². The summed E-state index contributed by atoms with van der Waals surface area (Å²) in [5.74, 6) is -0.278. The highest BCUT2D eigenvalue weighted by atomic mass is 16.5. The molecule has 29 heavy (non-hydrogen) atoms. The van der Waals surface area contributed by atoms with Crippen LogP contribution in [0, 0.1) is 0 Å². The molecule has 1 aliphatic rings. The molecular weight excluding hydrogens is 376 g/mol. The molecule has 1 heterocycles. The number of carboxylic acids is 1. The Morgan fingerprint density at radius 2 is 2.00 bits per heavy atom. The van der Waals surface area contributed by atoms with Gasteiger partial charge in [0.2, 0.25) is 11.8 Å². The molecule has 8 heteroatoms. The number of ether oxygens (including phenoxy) is 2. The number of carboxylic acid groups (broad SMARTS) is 1. The largest absolute Gasteiger partial charge is 0.495 e. The monoisotopic (exact) mass is 398 g/mol. The molecule has 2 aromatic carbocycles. The SMILES string of the molecule is COc1cc(C(=O)O)ccc1NC(=O)CCCOc1ccc2c(c1)CCC(=O)N2. The molecule has 0 bridgehead atoms. The predicted molar refractivity (Wildman–Crippen MR) is 107 cm³/mol. The zero-order chi connectivity index (χ0) is 20.8. The van der Waals surface area contributed by atoms with Crippen molar-refractivity contribution in [2.75, 3.05) is 24.4 Å². The van der Waals surface area contributed by atoms with Crippen LogP contribution in [-0.4, -0.2) is 36.6 Å². The van der Waals surface area contributed by atoms with Crippen LogP contribution in [0.4, 0.5) is 11.4 Å². The van der Waals surface area contributed by atoms with Crippen molar-refractivity contribution in [3.63, 3.8) is 0 Å². The number of rotatable bonds is 8. The highest BCUT2D eigenvalue weighted by Crippen LogP contribution is 2.27.